The summed E-state index contributed by atoms with van der Waals surface area (Å²) in [4.78, 5) is 22.6. The summed E-state index contributed by atoms with van der Waals surface area (Å²) >= 11 is 0. The van der Waals surface area contributed by atoms with E-state index in [0.717, 1.165) is 12.2 Å². The van der Waals surface area contributed by atoms with Gasteiger partial charge in [-0.15, -0.1) is 0 Å². The molecule has 6 heteroatoms. The van der Waals surface area contributed by atoms with Crippen molar-refractivity contribution in [1.82, 2.24) is 0 Å². The first-order valence-corrected chi connectivity index (χ1v) is 9.02. The quantitative estimate of drug-likeness (QED) is 0.400. The van der Waals surface area contributed by atoms with Crippen molar-refractivity contribution >= 4 is 11.7 Å². The molecular weight excluding hydrogens is 346 g/mol. The van der Waals surface area contributed by atoms with Gasteiger partial charge < -0.3 is 9.47 Å². The van der Waals surface area contributed by atoms with E-state index in [2.05, 4.69) is 12.1 Å². The number of non-ortho nitro benzene ring substituents is 1. The second kappa shape index (κ2) is 7.39. The number of hydrogen-bond donors (Lipinski definition) is 0. The third kappa shape index (κ3) is 4.27. The lowest BCUT2D eigenvalue weighted by Gasteiger charge is -2.26. The molecule has 1 aliphatic rings. The van der Waals surface area contributed by atoms with Crippen LogP contribution in [-0.4, -0.2) is 23.1 Å². The molecule has 0 bridgehead atoms. The summed E-state index contributed by atoms with van der Waals surface area (Å²) in [5, 5.41) is 10.7. The SMILES string of the molecule is CCOc1ccc([C@H]2C[C@@H]2C(C)(C)OC(=O)c2ccc([N+](=O)[O-])cc2)cc1. The molecule has 0 amide bonds. The number of carbonyl (C=O) groups excluding carboxylic acids is 1. The summed E-state index contributed by atoms with van der Waals surface area (Å²) in [5.74, 6) is 0.965. The van der Waals surface area contributed by atoms with Gasteiger partial charge in [0.1, 0.15) is 11.4 Å². The highest BCUT2D eigenvalue weighted by atomic mass is 16.6. The van der Waals surface area contributed by atoms with Crippen LogP contribution in [0.3, 0.4) is 0 Å². The van der Waals surface area contributed by atoms with Gasteiger partial charge in [-0.2, -0.15) is 0 Å². The van der Waals surface area contributed by atoms with Crippen LogP contribution in [0.15, 0.2) is 48.5 Å². The van der Waals surface area contributed by atoms with Crippen molar-refractivity contribution in [2.45, 2.75) is 38.7 Å². The first kappa shape index (κ1) is 18.9. The van der Waals surface area contributed by atoms with E-state index >= 15 is 0 Å². The Morgan fingerprint density at radius 2 is 1.78 bits per heavy atom. The largest absolute Gasteiger partial charge is 0.494 e. The minimum Gasteiger partial charge on any atom is -0.494 e. The monoisotopic (exact) mass is 369 g/mol. The molecule has 0 spiro atoms. The van der Waals surface area contributed by atoms with Crippen LogP contribution in [0.2, 0.25) is 0 Å². The zero-order chi connectivity index (χ0) is 19.6. The number of rotatable bonds is 7. The average molecular weight is 369 g/mol. The van der Waals surface area contributed by atoms with Crippen LogP contribution < -0.4 is 4.74 Å². The number of nitro benzene ring substituents is 1. The third-order valence-corrected chi connectivity index (χ3v) is 4.97. The van der Waals surface area contributed by atoms with Gasteiger partial charge in [-0.25, -0.2) is 4.79 Å². The molecule has 1 aliphatic carbocycles. The Kier molecular flexibility index (Phi) is 5.17. The first-order valence-electron chi connectivity index (χ1n) is 9.02. The second-order valence-corrected chi connectivity index (χ2v) is 7.25. The first-order chi connectivity index (χ1) is 12.8. The van der Waals surface area contributed by atoms with Crippen molar-refractivity contribution in [3.8, 4) is 5.75 Å². The van der Waals surface area contributed by atoms with E-state index in [0.29, 0.717) is 18.1 Å². The van der Waals surface area contributed by atoms with E-state index in [9.17, 15) is 14.9 Å². The smallest absolute Gasteiger partial charge is 0.338 e. The number of hydrogen-bond acceptors (Lipinski definition) is 5. The molecule has 1 saturated carbocycles. The standard InChI is InChI=1S/C21H23NO5/c1-4-26-17-11-7-14(8-12-17)18-13-19(18)21(2,3)27-20(23)15-5-9-16(10-6-15)22(24)25/h5-12,18-19H,4,13H2,1-3H3/t18-,19+/m1/s1. The summed E-state index contributed by atoms with van der Waals surface area (Å²) in [6, 6.07) is 13.5. The third-order valence-electron chi connectivity index (χ3n) is 4.97. The molecular formula is C21H23NO5. The highest BCUT2D eigenvalue weighted by Gasteiger charge is 2.50. The molecule has 0 unspecified atom stereocenters. The van der Waals surface area contributed by atoms with Crippen molar-refractivity contribution in [1.29, 1.82) is 0 Å². The molecule has 0 saturated heterocycles. The topological polar surface area (TPSA) is 78.7 Å². The van der Waals surface area contributed by atoms with Crippen molar-refractivity contribution in [2.24, 2.45) is 5.92 Å². The molecule has 27 heavy (non-hydrogen) atoms. The molecule has 0 N–H and O–H groups in total. The van der Waals surface area contributed by atoms with Crippen LogP contribution in [0.4, 0.5) is 5.69 Å². The van der Waals surface area contributed by atoms with Gasteiger partial charge in [0, 0.05) is 18.1 Å². The Morgan fingerprint density at radius 3 is 2.33 bits per heavy atom. The predicted octanol–water partition coefficient (Wildman–Crippen LogP) is 4.73. The van der Waals surface area contributed by atoms with Crippen molar-refractivity contribution in [3.05, 3.63) is 69.8 Å². The van der Waals surface area contributed by atoms with Gasteiger partial charge in [-0.1, -0.05) is 12.1 Å². The number of nitro groups is 1. The molecule has 0 heterocycles. The Labute approximate surface area is 158 Å². The Morgan fingerprint density at radius 1 is 1.15 bits per heavy atom. The molecule has 142 valence electrons. The van der Waals surface area contributed by atoms with E-state index in [1.807, 2.05) is 32.9 Å². The lowest BCUT2D eigenvalue weighted by Crippen LogP contribution is -2.31. The average Bonchev–Trinajstić information content (AvgIpc) is 3.44. The molecule has 2 atom stereocenters. The highest BCUT2D eigenvalue weighted by molar-refractivity contribution is 5.90. The van der Waals surface area contributed by atoms with Crippen LogP contribution in [0, 0.1) is 16.0 Å². The van der Waals surface area contributed by atoms with Crippen LogP contribution in [-0.2, 0) is 4.74 Å². The number of benzene rings is 2. The van der Waals surface area contributed by atoms with E-state index in [-0.39, 0.29) is 11.6 Å². The van der Waals surface area contributed by atoms with Gasteiger partial charge in [0.05, 0.1) is 17.1 Å². The van der Waals surface area contributed by atoms with E-state index in [1.54, 1.807) is 0 Å². The van der Waals surface area contributed by atoms with Crippen LogP contribution in [0.25, 0.3) is 0 Å². The molecule has 6 nitrogen and oxygen atoms in total. The molecule has 1 fully saturated rings. The van der Waals surface area contributed by atoms with E-state index in [1.165, 1.54) is 29.8 Å². The number of nitrogens with zero attached hydrogens (tertiary/aromatic N) is 1. The zero-order valence-electron chi connectivity index (χ0n) is 15.7. The van der Waals surface area contributed by atoms with Gasteiger partial charge in [-0.05, 0) is 62.9 Å². The molecule has 0 aromatic heterocycles. The predicted molar refractivity (Wildman–Crippen MR) is 101 cm³/mol. The zero-order valence-corrected chi connectivity index (χ0v) is 15.7. The summed E-state index contributed by atoms with van der Waals surface area (Å²) in [6.07, 6.45) is 0.953. The maximum absolute atomic E-state index is 12.4. The van der Waals surface area contributed by atoms with Gasteiger partial charge >= 0.3 is 5.97 Å². The fourth-order valence-corrected chi connectivity index (χ4v) is 3.40. The van der Waals surface area contributed by atoms with Gasteiger partial charge in [0.15, 0.2) is 0 Å². The van der Waals surface area contributed by atoms with E-state index < -0.39 is 16.5 Å². The normalized spacial score (nSPS) is 18.6. The molecule has 2 aromatic carbocycles. The minimum absolute atomic E-state index is 0.0523. The van der Waals surface area contributed by atoms with Crippen molar-refractivity contribution in [3.63, 3.8) is 0 Å². The Hall–Kier alpha value is -2.89. The summed E-state index contributed by atoms with van der Waals surface area (Å²) in [6.45, 7) is 6.41. The van der Waals surface area contributed by atoms with E-state index in [4.69, 9.17) is 9.47 Å². The lowest BCUT2D eigenvalue weighted by molar-refractivity contribution is -0.384. The lowest BCUT2D eigenvalue weighted by atomic mass is 9.98. The van der Waals surface area contributed by atoms with Crippen LogP contribution in [0.5, 0.6) is 5.75 Å². The minimum atomic E-state index is -0.623. The second-order valence-electron chi connectivity index (χ2n) is 7.25. The number of esters is 1. The van der Waals surface area contributed by atoms with Gasteiger partial charge in [0.25, 0.3) is 5.69 Å². The van der Waals surface area contributed by atoms with Gasteiger partial charge in [-0.3, -0.25) is 10.1 Å². The molecule has 3 rings (SSSR count). The maximum atomic E-state index is 12.4. The van der Waals surface area contributed by atoms with Crippen molar-refractivity contribution < 1.29 is 19.2 Å². The van der Waals surface area contributed by atoms with Crippen molar-refractivity contribution in [2.75, 3.05) is 6.61 Å². The molecule has 2 aromatic rings. The Bertz CT molecular complexity index is 827. The fourth-order valence-electron chi connectivity index (χ4n) is 3.40. The van der Waals surface area contributed by atoms with Crippen LogP contribution >= 0.6 is 0 Å². The molecule has 0 aliphatic heterocycles. The highest BCUT2D eigenvalue weighted by Crippen LogP contribution is 2.54. The summed E-state index contributed by atoms with van der Waals surface area (Å²) in [5.41, 5.74) is 0.848. The number of ether oxygens (including phenoxy) is 2. The van der Waals surface area contributed by atoms with Crippen LogP contribution in [0.1, 0.15) is 49.0 Å². The summed E-state index contributed by atoms with van der Waals surface area (Å²) < 4.78 is 11.2. The summed E-state index contributed by atoms with van der Waals surface area (Å²) in [7, 11) is 0. The fraction of sp³-hybridized carbons (Fsp3) is 0.381. The maximum Gasteiger partial charge on any atom is 0.338 e. The Balaban J connectivity index is 1.63. The number of carbonyl (C=O) groups is 1. The molecule has 0 radical (unpaired) electrons. The van der Waals surface area contributed by atoms with Gasteiger partial charge in [0.2, 0.25) is 0 Å².